The number of nitrogen functional groups attached to an aromatic ring is 2. The lowest BCUT2D eigenvalue weighted by atomic mass is 10.3. The summed E-state index contributed by atoms with van der Waals surface area (Å²) < 4.78 is 4.82. The van der Waals surface area contributed by atoms with Gasteiger partial charge in [0.2, 0.25) is 0 Å². The number of hydrogen-bond acceptors (Lipinski definition) is 5. The summed E-state index contributed by atoms with van der Waals surface area (Å²) in [6.45, 7) is 0. The van der Waals surface area contributed by atoms with Crippen LogP contribution in [0.5, 0.6) is 5.75 Å². The molecule has 0 spiro atoms. The number of ether oxygens (including phenoxy) is 1. The van der Waals surface area contributed by atoms with Gasteiger partial charge in [0.15, 0.2) is 5.75 Å². The summed E-state index contributed by atoms with van der Waals surface area (Å²) in [4.78, 5) is 12.6. The van der Waals surface area contributed by atoms with Gasteiger partial charge in [-0.2, -0.15) is 0 Å². The van der Waals surface area contributed by atoms with Gasteiger partial charge in [0.05, 0.1) is 5.69 Å². The molecule has 0 aliphatic carbocycles. The van der Waals surface area contributed by atoms with Crippen molar-refractivity contribution >= 4 is 29.2 Å². The molecule has 19 heavy (non-hydrogen) atoms. The van der Waals surface area contributed by atoms with Crippen molar-refractivity contribution in [1.82, 2.24) is 0 Å². The van der Waals surface area contributed by atoms with Crippen LogP contribution in [0.2, 0.25) is 0 Å². The molecule has 0 fully saturated rings. The molecule has 0 aliphatic rings. The average Bonchev–Trinajstić information content (AvgIpc) is 2.33. The van der Waals surface area contributed by atoms with Crippen LogP contribution in [0.3, 0.4) is 0 Å². The fourth-order valence-corrected chi connectivity index (χ4v) is 2.40. The van der Waals surface area contributed by atoms with Gasteiger partial charge in [-0.05, 0) is 36.4 Å². The van der Waals surface area contributed by atoms with Crippen LogP contribution in [0.25, 0.3) is 0 Å². The number of anilines is 2. The fraction of sp³-hybridized carbons (Fsp3) is 0. The lowest BCUT2D eigenvalue weighted by molar-refractivity contribution is 0.211. The fourth-order valence-electron chi connectivity index (χ4n) is 1.49. The van der Waals surface area contributed by atoms with E-state index in [9.17, 15) is 4.79 Å². The van der Waals surface area contributed by atoms with Crippen molar-refractivity contribution in [3.05, 3.63) is 42.5 Å². The van der Waals surface area contributed by atoms with E-state index < -0.39 is 6.09 Å². The van der Waals surface area contributed by atoms with E-state index in [0.29, 0.717) is 11.4 Å². The molecule has 5 nitrogen and oxygen atoms in total. The van der Waals surface area contributed by atoms with E-state index in [2.05, 4.69) is 0 Å². The van der Waals surface area contributed by atoms with Gasteiger partial charge >= 0.3 is 6.09 Å². The van der Waals surface area contributed by atoms with Gasteiger partial charge in [-0.3, -0.25) is 0 Å². The first-order valence-electron chi connectivity index (χ1n) is 5.45. The Morgan fingerprint density at radius 1 is 1.05 bits per heavy atom. The van der Waals surface area contributed by atoms with Crippen molar-refractivity contribution in [2.45, 2.75) is 9.79 Å². The van der Waals surface area contributed by atoms with Gasteiger partial charge in [-0.1, -0.05) is 17.8 Å². The van der Waals surface area contributed by atoms with Crippen molar-refractivity contribution in [3.63, 3.8) is 0 Å². The Morgan fingerprint density at radius 2 is 1.79 bits per heavy atom. The molecule has 0 saturated carbocycles. The third-order valence-corrected chi connectivity index (χ3v) is 3.27. The third kappa shape index (κ3) is 3.56. The molecule has 0 saturated heterocycles. The molecule has 0 heterocycles. The first-order valence-corrected chi connectivity index (χ1v) is 6.26. The molecule has 2 aromatic rings. The molecular formula is C13H13N3O2S. The predicted molar refractivity (Wildman–Crippen MR) is 76.0 cm³/mol. The lowest BCUT2D eigenvalue weighted by Crippen LogP contribution is -2.17. The number of benzene rings is 2. The Bertz CT molecular complexity index is 617. The van der Waals surface area contributed by atoms with Gasteiger partial charge in [-0.25, -0.2) is 4.79 Å². The molecule has 1 amide bonds. The van der Waals surface area contributed by atoms with E-state index in [1.165, 1.54) is 11.8 Å². The number of amides is 1. The molecule has 6 heteroatoms. The van der Waals surface area contributed by atoms with Crippen molar-refractivity contribution in [2.75, 3.05) is 11.5 Å². The molecule has 0 aliphatic heterocycles. The summed E-state index contributed by atoms with van der Waals surface area (Å²) in [5, 5.41) is 0. The normalized spacial score (nSPS) is 10.1. The van der Waals surface area contributed by atoms with E-state index >= 15 is 0 Å². The van der Waals surface area contributed by atoms with E-state index in [4.69, 9.17) is 21.9 Å². The zero-order valence-corrected chi connectivity index (χ0v) is 10.8. The number of primary amides is 1. The minimum absolute atomic E-state index is 0.251. The Morgan fingerprint density at radius 3 is 2.47 bits per heavy atom. The summed E-state index contributed by atoms with van der Waals surface area (Å²) in [6, 6.07) is 12.6. The highest BCUT2D eigenvalue weighted by Gasteiger charge is 2.06. The quantitative estimate of drug-likeness (QED) is 0.746. The minimum Gasteiger partial charge on any atom is -0.408 e. The summed E-state index contributed by atoms with van der Waals surface area (Å²) in [5.74, 6) is 0.251. The van der Waals surface area contributed by atoms with Crippen LogP contribution in [-0.2, 0) is 0 Å². The van der Waals surface area contributed by atoms with Crippen LogP contribution in [0.15, 0.2) is 52.3 Å². The largest absolute Gasteiger partial charge is 0.410 e. The van der Waals surface area contributed by atoms with Gasteiger partial charge < -0.3 is 21.9 Å². The highest BCUT2D eigenvalue weighted by Crippen LogP contribution is 2.33. The third-order valence-electron chi connectivity index (χ3n) is 2.29. The van der Waals surface area contributed by atoms with Crippen LogP contribution in [0.4, 0.5) is 16.2 Å². The van der Waals surface area contributed by atoms with Crippen molar-refractivity contribution in [3.8, 4) is 5.75 Å². The first kappa shape index (κ1) is 13.1. The molecule has 98 valence electrons. The second-order valence-corrected chi connectivity index (χ2v) is 4.94. The second-order valence-electron chi connectivity index (χ2n) is 3.80. The van der Waals surface area contributed by atoms with E-state index in [1.54, 1.807) is 12.1 Å². The maximum Gasteiger partial charge on any atom is 0.410 e. The smallest absolute Gasteiger partial charge is 0.408 e. The Labute approximate surface area is 114 Å². The van der Waals surface area contributed by atoms with Crippen LogP contribution in [0.1, 0.15) is 0 Å². The molecule has 6 N–H and O–H groups in total. The van der Waals surface area contributed by atoms with E-state index in [0.717, 1.165) is 9.79 Å². The number of nitrogens with two attached hydrogens (primary N) is 3. The summed E-state index contributed by atoms with van der Waals surface area (Å²) in [5.41, 5.74) is 17.4. The molecule has 2 rings (SSSR count). The SMILES string of the molecule is NC(=O)Oc1cc(Sc2cccc(N)c2)ccc1N. The molecule has 0 bridgehead atoms. The summed E-state index contributed by atoms with van der Waals surface area (Å²) in [6.07, 6.45) is -0.891. The van der Waals surface area contributed by atoms with Crippen LogP contribution >= 0.6 is 11.8 Å². The number of carbonyl (C=O) groups excluding carboxylic acids is 1. The Kier molecular flexibility index (Phi) is 3.82. The number of rotatable bonds is 3. The molecule has 0 atom stereocenters. The topological polar surface area (TPSA) is 104 Å². The maximum absolute atomic E-state index is 10.8. The molecule has 0 aromatic heterocycles. The first-order chi connectivity index (χ1) is 9.04. The Balaban J connectivity index is 2.23. The summed E-state index contributed by atoms with van der Waals surface area (Å²) in [7, 11) is 0. The van der Waals surface area contributed by atoms with E-state index in [-0.39, 0.29) is 5.75 Å². The van der Waals surface area contributed by atoms with Crippen LogP contribution in [0, 0.1) is 0 Å². The van der Waals surface area contributed by atoms with Crippen LogP contribution < -0.4 is 21.9 Å². The molecule has 0 radical (unpaired) electrons. The van der Waals surface area contributed by atoms with E-state index in [1.807, 2.05) is 30.3 Å². The van der Waals surface area contributed by atoms with Gasteiger partial charge in [0.25, 0.3) is 0 Å². The standard InChI is InChI=1S/C13H13N3O2S/c14-8-2-1-3-9(6-8)19-10-4-5-11(15)12(7-10)18-13(16)17/h1-7H,14-15H2,(H2,16,17). The maximum atomic E-state index is 10.8. The lowest BCUT2D eigenvalue weighted by Gasteiger charge is -2.08. The van der Waals surface area contributed by atoms with Crippen molar-refractivity contribution in [1.29, 1.82) is 0 Å². The number of carbonyl (C=O) groups is 1. The van der Waals surface area contributed by atoms with Crippen LogP contribution in [-0.4, -0.2) is 6.09 Å². The second kappa shape index (κ2) is 5.53. The van der Waals surface area contributed by atoms with Gasteiger partial charge in [0, 0.05) is 15.5 Å². The number of hydrogen-bond donors (Lipinski definition) is 3. The molecule has 0 unspecified atom stereocenters. The average molecular weight is 275 g/mol. The zero-order chi connectivity index (χ0) is 13.8. The highest BCUT2D eigenvalue weighted by molar-refractivity contribution is 7.99. The zero-order valence-electron chi connectivity index (χ0n) is 10.00. The van der Waals surface area contributed by atoms with Crippen molar-refractivity contribution < 1.29 is 9.53 Å². The minimum atomic E-state index is -0.891. The van der Waals surface area contributed by atoms with Gasteiger partial charge in [-0.15, -0.1) is 0 Å². The monoisotopic (exact) mass is 275 g/mol. The Hall–Kier alpha value is -2.34. The summed E-state index contributed by atoms with van der Waals surface area (Å²) >= 11 is 1.48. The molecular weight excluding hydrogens is 262 g/mol. The van der Waals surface area contributed by atoms with Gasteiger partial charge in [0.1, 0.15) is 0 Å². The highest BCUT2D eigenvalue weighted by atomic mass is 32.2. The van der Waals surface area contributed by atoms with Crippen molar-refractivity contribution in [2.24, 2.45) is 5.73 Å². The molecule has 2 aromatic carbocycles. The predicted octanol–water partition coefficient (Wildman–Crippen LogP) is 2.46.